The summed E-state index contributed by atoms with van der Waals surface area (Å²) in [7, 11) is 0. The zero-order valence-corrected chi connectivity index (χ0v) is 22.3. The van der Waals surface area contributed by atoms with E-state index in [1.807, 2.05) is 6.92 Å². The first-order chi connectivity index (χ1) is 18.2. The second kappa shape index (κ2) is 18.2. The summed E-state index contributed by atoms with van der Waals surface area (Å²) in [4.78, 5) is 69.1. The van der Waals surface area contributed by atoms with E-state index < -0.39 is 60.2 Å². The van der Waals surface area contributed by atoms with Crippen LogP contribution in [0.15, 0.2) is 9.98 Å². The second-order valence-electron chi connectivity index (χ2n) is 8.93. The molecule has 0 radical (unpaired) electrons. The standard InChI is InChI=1S/C22H42N10O7/c1-3-11(2)16(23)19(37)32-14(10-15(33)34)18(36)30-12(6-4-8-28-21(24)25)17(35)31-13(20(38)39)7-5-9-29-22(26)27/h11-14,16H,3-10,23H2,1-2H3,(H,30,36)(H,31,35)(H,32,37)(H,33,34)(H,38,39)(H4,24,25,28)(H4,26,27,29). The first-order valence-corrected chi connectivity index (χ1v) is 12.4. The molecule has 5 atom stereocenters. The van der Waals surface area contributed by atoms with Gasteiger partial charge in [0.05, 0.1) is 12.5 Å². The molecule has 0 bridgehead atoms. The summed E-state index contributed by atoms with van der Waals surface area (Å²) >= 11 is 0. The number of nitrogens with one attached hydrogen (secondary N) is 3. The van der Waals surface area contributed by atoms with E-state index in [1.54, 1.807) is 6.92 Å². The third kappa shape index (κ3) is 15.0. The lowest BCUT2D eigenvalue weighted by Gasteiger charge is -2.25. The third-order valence-electron chi connectivity index (χ3n) is 5.71. The van der Waals surface area contributed by atoms with Crippen molar-refractivity contribution in [2.75, 3.05) is 13.1 Å². The number of aliphatic imine (C=N–C) groups is 2. The van der Waals surface area contributed by atoms with Gasteiger partial charge in [0.25, 0.3) is 0 Å². The van der Waals surface area contributed by atoms with Gasteiger partial charge in [-0.3, -0.25) is 29.2 Å². The number of carboxylic acid groups (broad SMARTS) is 2. The molecule has 0 rings (SSSR count). The van der Waals surface area contributed by atoms with Crippen molar-refractivity contribution in [2.24, 2.45) is 44.6 Å². The Bertz CT molecular complexity index is 904. The molecule has 0 aromatic rings. The monoisotopic (exact) mass is 558 g/mol. The van der Waals surface area contributed by atoms with Gasteiger partial charge in [-0.2, -0.15) is 0 Å². The van der Waals surface area contributed by atoms with Crippen LogP contribution >= 0.6 is 0 Å². The lowest BCUT2D eigenvalue weighted by molar-refractivity contribution is -0.143. The van der Waals surface area contributed by atoms with E-state index in [9.17, 15) is 34.2 Å². The minimum absolute atomic E-state index is 0.0162. The average Bonchev–Trinajstić information content (AvgIpc) is 2.85. The predicted octanol–water partition coefficient (Wildman–Crippen LogP) is -3.52. The molecule has 222 valence electrons. The van der Waals surface area contributed by atoms with Gasteiger partial charge in [-0.05, 0) is 31.6 Å². The number of carboxylic acids is 2. The Labute approximate surface area is 226 Å². The normalized spacial score (nSPS) is 14.4. The SMILES string of the molecule is CCC(C)C(N)C(=O)NC(CC(=O)O)C(=O)NC(CCCN=C(N)N)C(=O)NC(CCCN=C(N)N)C(=O)O. The fraction of sp³-hybridized carbons (Fsp3) is 0.682. The van der Waals surface area contributed by atoms with Crippen LogP contribution in [-0.4, -0.2) is 89.0 Å². The molecule has 0 aliphatic rings. The van der Waals surface area contributed by atoms with Crippen molar-refractivity contribution in [1.29, 1.82) is 0 Å². The van der Waals surface area contributed by atoms with Crippen LogP contribution in [0.3, 0.4) is 0 Å². The minimum atomic E-state index is -1.55. The molecule has 0 aromatic carbocycles. The summed E-state index contributed by atoms with van der Waals surface area (Å²) in [6.45, 7) is 3.78. The molecule has 39 heavy (non-hydrogen) atoms. The van der Waals surface area contributed by atoms with E-state index in [0.29, 0.717) is 6.42 Å². The number of carbonyl (C=O) groups excluding carboxylic acids is 3. The number of nitrogens with zero attached hydrogens (tertiary/aromatic N) is 2. The Hall–Kier alpha value is -4.15. The quantitative estimate of drug-likeness (QED) is 0.0419. The molecule has 0 saturated carbocycles. The first-order valence-electron chi connectivity index (χ1n) is 12.4. The Kier molecular flexibility index (Phi) is 16.2. The lowest BCUT2D eigenvalue weighted by Crippen LogP contribution is -2.58. The van der Waals surface area contributed by atoms with Crippen molar-refractivity contribution in [1.82, 2.24) is 16.0 Å². The highest BCUT2D eigenvalue weighted by Crippen LogP contribution is 2.08. The number of aliphatic carboxylic acids is 2. The smallest absolute Gasteiger partial charge is 0.326 e. The van der Waals surface area contributed by atoms with Gasteiger partial charge in [0.2, 0.25) is 17.7 Å². The number of amides is 3. The van der Waals surface area contributed by atoms with E-state index in [1.165, 1.54) is 0 Å². The molecule has 0 fully saturated rings. The topological polar surface area (TPSA) is 317 Å². The first kappa shape index (κ1) is 34.9. The third-order valence-corrected chi connectivity index (χ3v) is 5.71. The summed E-state index contributed by atoms with van der Waals surface area (Å²) in [5, 5.41) is 25.8. The maximum absolute atomic E-state index is 13.0. The van der Waals surface area contributed by atoms with Gasteiger partial charge in [-0.15, -0.1) is 0 Å². The molecular weight excluding hydrogens is 516 g/mol. The molecule has 0 spiro atoms. The summed E-state index contributed by atoms with van der Waals surface area (Å²) in [5.41, 5.74) is 27.0. The zero-order valence-electron chi connectivity index (χ0n) is 22.3. The van der Waals surface area contributed by atoms with Crippen LogP contribution in [-0.2, 0) is 24.0 Å². The fourth-order valence-corrected chi connectivity index (χ4v) is 3.24. The van der Waals surface area contributed by atoms with E-state index in [2.05, 4.69) is 25.9 Å². The van der Waals surface area contributed by atoms with Crippen LogP contribution in [0.25, 0.3) is 0 Å². The number of nitrogens with two attached hydrogens (primary N) is 5. The van der Waals surface area contributed by atoms with Gasteiger partial charge < -0.3 is 54.8 Å². The molecule has 0 heterocycles. The van der Waals surface area contributed by atoms with Crippen molar-refractivity contribution in [3.8, 4) is 0 Å². The Morgan fingerprint density at radius 2 is 1.18 bits per heavy atom. The lowest BCUT2D eigenvalue weighted by atomic mass is 9.99. The zero-order chi connectivity index (χ0) is 30.1. The van der Waals surface area contributed by atoms with E-state index in [0.717, 1.165) is 0 Å². The number of hydrogen-bond donors (Lipinski definition) is 10. The number of carbonyl (C=O) groups is 5. The number of rotatable bonds is 19. The molecule has 0 aliphatic carbocycles. The molecular formula is C22H42N10O7. The van der Waals surface area contributed by atoms with Crippen molar-refractivity contribution in [3.05, 3.63) is 0 Å². The van der Waals surface area contributed by atoms with E-state index in [-0.39, 0.29) is 56.6 Å². The fourth-order valence-electron chi connectivity index (χ4n) is 3.24. The second-order valence-corrected chi connectivity index (χ2v) is 8.93. The summed E-state index contributed by atoms with van der Waals surface area (Å²) in [6.07, 6.45) is 0.175. The summed E-state index contributed by atoms with van der Waals surface area (Å²) < 4.78 is 0. The minimum Gasteiger partial charge on any atom is -0.481 e. The summed E-state index contributed by atoms with van der Waals surface area (Å²) in [6, 6.07) is -5.17. The number of hydrogen-bond acceptors (Lipinski definition) is 8. The van der Waals surface area contributed by atoms with Crippen LogP contribution in [0, 0.1) is 5.92 Å². The highest BCUT2D eigenvalue weighted by atomic mass is 16.4. The van der Waals surface area contributed by atoms with Gasteiger partial charge in [0, 0.05) is 13.1 Å². The van der Waals surface area contributed by atoms with Gasteiger partial charge in [0.15, 0.2) is 11.9 Å². The molecule has 3 amide bonds. The van der Waals surface area contributed by atoms with Gasteiger partial charge in [-0.1, -0.05) is 20.3 Å². The van der Waals surface area contributed by atoms with Crippen molar-refractivity contribution >= 4 is 41.6 Å². The van der Waals surface area contributed by atoms with Crippen molar-refractivity contribution in [3.63, 3.8) is 0 Å². The number of guanidine groups is 2. The van der Waals surface area contributed by atoms with E-state index >= 15 is 0 Å². The van der Waals surface area contributed by atoms with Crippen molar-refractivity contribution in [2.45, 2.75) is 76.5 Å². The van der Waals surface area contributed by atoms with Gasteiger partial charge >= 0.3 is 11.9 Å². The van der Waals surface area contributed by atoms with Crippen LogP contribution in [0.4, 0.5) is 0 Å². The van der Waals surface area contributed by atoms with Crippen LogP contribution in [0.1, 0.15) is 52.4 Å². The maximum atomic E-state index is 13.0. The molecule has 0 aromatic heterocycles. The van der Waals surface area contributed by atoms with Gasteiger partial charge in [0.1, 0.15) is 18.1 Å². The molecule has 0 saturated heterocycles. The molecule has 15 N–H and O–H groups in total. The predicted molar refractivity (Wildman–Crippen MR) is 143 cm³/mol. The summed E-state index contributed by atoms with van der Waals surface area (Å²) in [5.74, 6) is -5.85. The molecule has 17 nitrogen and oxygen atoms in total. The molecule has 5 unspecified atom stereocenters. The van der Waals surface area contributed by atoms with Crippen molar-refractivity contribution < 1.29 is 34.2 Å². The van der Waals surface area contributed by atoms with Gasteiger partial charge in [-0.25, -0.2) is 4.79 Å². The largest absolute Gasteiger partial charge is 0.481 e. The Balaban J connectivity index is 5.69. The average molecular weight is 559 g/mol. The Morgan fingerprint density at radius 3 is 1.62 bits per heavy atom. The molecule has 0 aliphatic heterocycles. The highest BCUT2D eigenvalue weighted by molar-refractivity contribution is 5.95. The van der Waals surface area contributed by atoms with Crippen LogP contribution < -0.4 is 44.6 Å². The maximum Gasteiger partial charge on any atom is 0.326 e. The van der Waals surface area contributed by atoms with E-state index in [4.69, 9.17) is 28.7 Å². The Morgan fingerprint density at radius 1 is 0.744 bits per heavy atom. The van der Waals surface area contributed by atoms with Crippen LogP contribution in [0.5, 0.6) is 0 Å². The van der Waals surface area contributed by atoms with Crippen LogP contribution in [0.2, 0.25) is 0 Å². The highest BCUT2D eigenvalue weighted by Gasteiger charge is 2.32. The molecule has 17 heteroatoms.